The summed E-state index contributed by atoms with van der Waals surface area (Å²) in [6.45, 7) is 1.00. The van der Waals surface area contributed by atoms with Gasteiger partial charge in [0.1, 0.15) is 0 Å². The van der Waals surface area contributed by atoms with Crippen LogP contribution in [0.25, 0.3) is 11.1 Å². The van der Waals surface area contributed by atoms with Crippen LogP contribution in [0.3, 0.4) is 0 Å². The monoisotopic (exact) mass is 596 g/mol. The number of aromatic carboxylic acids is 1. The molecular weight excluding hydrogens is 560 g/mol. The molecule has 2 N–H and O–H groups in total. The van der Waals surface area contributed by atoms with Gasteiger partial charge in [-0.1, -0.05) is 84.9 Å². The third kappa shape index (κ3) is 7.77. The van der Waals surface area contributed by atoms with Gasteiger partial charge in [-0.15, -0.1) is 0 Å². The SMILES string of the molecule is O=C(O)c1ccc(CNC(=O)C2CCC(CN(Cc3ccc(-c4ccccc4)cc3)S(=O)(=O)c3ccccc3)CC2)cc1. The molecule has 7 nitrogen and oxygen atoms in total. The van der Waals surface area contributed by atoms with E-state index in [9.17, 15) is 18.0 Å². The number of nitrogens with zero attached hydrogens (tertiary/aromatic N) is 1. The van der Waals surface area contributed by atoms with E-state index in [1.165, 1.54) is 12.1 Å². The van der Waals surface area contributed by atoms with E-state index in [1.54, 1.807) is 40.7 Å². The van der Waals surface area contributed by atoms with Gasteiger partial charge in [-0.05, 0) is 78.1 Å². The number of amides is 1. The Labute approximate surface area is 253 Å². The van der Waals surface area contributed by atoms with Gasteiger partial charge in [0, 0.05) is 25.6 Å². The highest BCUT2D eigenvalue weighted by molar-refractivity contribution is 7.89. The van der Waals surface area contributed by atoms with Gasteiger partial charge in [-0.3, -0.25) is 4.79 Å². The standard InChI is InChI=1S/C35H36N2O5S/c38-34(36-23-26-11-21-32(22-12-26)35(39)40)31-19-15-28(16-20-31)25-37(43(41,42)33-9-5-2-6-10-33)24-27-13-17-30(18-14-27)29-7-3-1-4-8-29/h1-14,17-18,21-22,28,31H,15-16,19-20,23-25H2,(H,36,38)(H,39,40). The molecular formula is C35H36N2O5S. The molecule has 0 aromatic heterocycles. The summed E-state index contributed by atoms with van der Waals surface area (Å²) < 4.78 is 29.1. The van der Waals surface area contributed by atoms with Crippen LogP contribution in [0.2, 0.25) is 0 Å². The zero-order chi connectivity index (χ0) is 30.2. The molecule has 4 aromatic rings. The van der Waals surface area contributed by atoms with Crippen molar-refractivity contribution in [1.82, 2.24) is 9.62 Å². The van der Waals surface area contributed by atoms with Gasteiger partial charge >= 0.3 is 5.97 Å². The van der Waals surface area contributed by atoms with Crippen molar-refractivity contribution in [1.29, 1.82) is 0 Å². The maximum Gasteiger partial charge on any atom is 0.335 e. The molecule has 1 saturated carbocycles. The highest BCUT2D eigenvalue weighted by Crippen LogP contribution is 2.32. The summed E-state index contributed by atoms with van der Waals surface area (Å²) in [5.74, 6) is -0.981. The Bertz CT molecular complexity index is 1620. The van der Waals surface area contributed by atoms with Gasteiger partial charge in [0.15, 0.2) is 0 Å². The molecule has 0 bridgehead atoms. The van der Waals surface area contributed by atoms with Crippen LogP contribution in [-0.2, 0) is 27.9 Å². The molecule has 1 fully saturated rings. The molecule has 0 spiro atoms. The molecule has 8 heteroatoms. The van der Waals surface area contributed by atoms with E-state index < -0.39 is 16.0 Å². The van der Waals surface area contributed by atoms with Gasteiger partial charge in [-0.2, -0.15) is 4.31 Å². The van der Waals surface area contributed by atoms with Crippen LogP contribution in [0.5, 0.6) is 0 Å². The first-order valence-electron chi connectivity index (χ1n) is 14.6. The minimum atomic E-state index is -3.72. The van der Waals surface area contributed by atoms with E-state index in [0.29, 0.717) is 25.9 Å². The average Bonchev–Trinajstić information content (AvgIpc) is 3.05. The number of carbonyl (C=O) groups is 2. The lowest BCUT2D eigenvalue weighted by molar-refractivity contribution is -0.126. The number of nitrogens with one attached hydrogen (secondary N) is 1. The minimum absolute atomic E-state index is 0.0203. The maximum atomic E-state index is 13.8. The topological polar surface area (TPSA) is 104 Å². The molecule has 0 saturated heterocycles. The van der Waals surface area contributed by atoms with Gasteiger partial charge in [0.25, 0.3) is 0 Å². The number of hydrogen-bond acceptors (Lipinski definition) is 4. The molecule has 4 aromatic carbocycles. The summed E-state index contributed by atoms with van der Waals surface area (Å²) in [4.78, 5) is 24.2. The second-order valence-corrected chi connectivity index (χ2v) is 13.0. The van der Waals surface area contributed by atoms with Gasteiger partial charge in [0.2, 0.25) is 15.9 Å². The first kappa shape index (κ1) is 30.2. The van der Waals surface area contributed by atoms with Crippen molar-refractivity contribution in [3.05, 3.63) is 126 Å². The Kier molecular flexibility index (Phi) is 9.69. The van der Waals surface area contributed by atoms with Crippen LogP contribution in [0, 0.1) is 11.8 Å². The van der Waals surface area contributed by atoms with Crippen LogP contribution in [0.4, 0.5) is 0 Å². The van der Waals surface area contributed by atoms with Crippen LogP contribution >= 0.6 is 0 Å². The number of sulfonamides is 1. The first-order chi connectivity index (χ1) is 20.8. The number of hydrogen-bond donors (Lipinski definition) is 2. The fraction of sp³-hybridized carbons (Fsp3) is 0.257. The predicted molar refractivity (Wildman–Crippen MR) is 167 cm³/mol. The van der Waals surface area contributed by atoms with Crippen LogP contribution in [0.15, 0.2) is 114 Å². The summed E-state index contributed by atoms with van der Waals surface area (Å²) in [6.07, 6.45) is 2.91. The summed E-state index contributed by atoms with van der Waals surface area (Å²) >= 11 is 0. The summed E-state index contributed by atoms with van der Waals surface area (Å²) in [5.41, 5.74) is 4.16. The molecule has 0 unspecified atom stereocenters. The van der Waals surface area contributed by atoms with Gasteiger partial charge in [-0.25, -0.2) is 13.2 Å². The summed E-state index contributed by atoms with van der Waals surface area (Å²) in [7, 11) is -3.72. The van der Waals surface area contributed by atoms with Gasteiger partial charge < -0.3 is 10.4 Å². The van der Waals surface area contributed by atoms with E-state index in [1.807, 2.05) is 48.5 Å². The average molecular weight is 597 g/mol. The maximum absolute atomic E-state index is 13.8. The fourth-order valence-corrected chi connectivity index (χ4v) is 7.15. The van der Waals surface area contributed by atoms with Crippen LogP contribution in [-0.4, -0.2) is 36.3 Å². The number of rotatable bonds is 11. The third-order valence-corrected chi connectivity index (χ3v) is 9.97. The molecule has 0 aliphatic heterocycles. The molecule has 1 amide bonds. The molecule has 5 rings (SSSR count). The van der Waals surface area contributed by atoms with Crippen molar-refractivity contribution in [2.75, 3.05) is 6.54 Å². The predicted octanol–water partition coefficient (Wildman–Crippen LogP) is 6.37. The molecule has 0 radical (unpaired) electrons. The van der Waals surface area contributed by atoms with Crippen LogP contribution in [0.1, 0.15) is 47.2 Å². The minimum Gasteiger partial charge on any atom is -0.478 e. The quantitative estimate of drug-likeness (QED) is 0.210. The lowest BCUT2D eigenvalue weighted by Gasteiger charge is -2.32. The Morgan fingerprint density at radius 2 is 1.28 bits per heavy atom. The van der Waals surface area contributed by atoms with E-state index in [2.05, 4.69) is 17.4 Å². The van der Waals surface area contributed by atoms with E-state index in [4.69, 9.17) is 5.11 Å². The van der Waals surface area contributed by atoms with Crippen molar-refractivity contribution in [3.8, 4) is 11.1 Å². The smallest absolute Gasteiger partial charge is 0.335 e. The summed E-state index contributed by atoms with van der Waals surface area (Å²) in [5, 5.41) is 12.0. The van der Waals surface area contributed by atoms with Crippen molar-refractivity contribution < 1.29 is 23.1 Å². The Morgan fingerprint density at radius 3 is 1.88 bits per heavy atom. The molecule has 0 heterocycles. The molecule has 0 atom stereocenters. The second kappa shape index (κ2) is 13.8. The van der Waals surface area contributed by atoms with Gasteiger partial charge in [0.05, 0.1) is 10.5 Å². The lowest BCUT2D eigenvalue weighted by atomic mass is 9.81. The zero-order valence-electron chi connectivity index (χ0n) is 23.9. The third-order valence-electron chi connectivity index (χ3n) is 8.15. The zero-order valence-corrected chi connectivity index (χ0v) is 24.7. The molecule has 43 heavy (non-hydrogen) atoms. The molecule has 1 aliphatic carbocycles. The highest BCUT2D eigenvalue weighted by atomic mass is 32.2. The van der Waals surface area contributed by atoms with Crippen LogP contribution < -0.4 is 5.32 Å². The normalized spacial score (nSPS) is 17.0. The molecule has 1 aliphatic rings. The van der Waals surface area contributed by atoms with Crippen molar-refractivity contribution >= 4 is 21.9 Å². The first-order valence-corrected chi connectivity index (χ1v) is 16.0. The van der Waals surface area contributed by atoms with E-state index >= 15 is 0 Å². The Morgan fingerprint density at radius 1 is 0.721 bits per heavy atom. The van der Waals surface area contributed by atoms with Crippen molar-refractivity contribution in [2.45, 2.75) is 43.7 Å². The Hall–Kier alpha value is -4.27. The highest BCUT2D eigenvalue weighted by Gasteiger charge is 2.31. The fourth-order valence-electron chi connectivity index (χ4n) is 5.62. The lowest BCUT2D eigenvalue weighted by Crippen LogP contribution is -2.38. The second-order valence-electron chi connectivity index (χ2n) is 11.1. The number of carbonyl (C=O) groups excluding carboxylic acids is 1. The number of carboxylic acids is 1. The van der Waals surface area contributed by atoms with E-state index in [-0.39, 0.29) is 34.7 Å². The van der Waals surface area contributed by atoms with E-state index in [0.717, 1.165) is 35.1 Å². The number of carboxylic acid groups (broad SMARTS) is 1. The summed E-state index contributed by atoms with van der Waals surface area (Å²) in [6, 6.07) is 33.2. The molecule has 222 valence electrons. The van der Waals surface area contributed by atoms with Crippen molar-refractivity contribution in [3.63, 3.8) is 0 Å². The van der Waals surface area contributed by atoms with Crippen molar-refractivity contribution in [2.24, 2.45) is 11.8 Å². The largest absolute Gasteiger partial charge is 0.478 e. The Balaban J connectivity index is 1.22. The number of benzene rings is 4.